The molecular formula is C16H23N2O6P. The second-order valence-corrected chi connectivity index (χ2v) is 7.05. The van der Waals surface area contributed by atoms with E-state index >= 15 is 0 Å². The van der Waals surface area contributed by atoms with Crippen molar-refractivity contribution in [3.8, 4) is 0 Å². The number of unbranched alkanes of at least 4 members (excludes halogenated alkanes) is 2. The number of phosphoric acid groups is 1. The molecule has 8 nitrogen and oxygen atoms in total. The third-order valence-electron chi connectivity index (χ3n) is 3.44. The van der Waals surface area contributed by atoms with Crippen LogP contribution in [0.4, 0.5) is 0 Å². The highest BCUT2D eigenvalue weighted by Crippen LogP contribution is 2.45. The molecule has 0 fully saturated rings. The molecule has 9 heteroatoms. The van der Waals surface area contributed by atoms with Gasteiger partial charge in [-0.05, 0) is 25.0 Å². The average molecular weight is 370 g/mol. The summed E-state index contributed by atoms with van der Waals surface area (Å²) in [6.07, 6.45) is 2.94. The molecule has 0 unspecified atom stereocenters. The van der Waals surface area contributed by atoms with Crippen LogP contribution in [0.25, 0.3) is 10.9 Å². The van der Waals surface area contributed by atoms with Gasteiger partial charge < -0.3 is 9.61 Å². The summed E-state index contributed by atoms with van der Waals surface area (Å²) in [5, 5.41) is 0.232. The van der Waals surface area contributed by atoms with Crippen molar-refractivity contribution < 1.29 is 18.2 Å². The Kier molecular flexibility index (Phi) is 6.99. The van der Waals surface area contributed by atoms with E-state index < -0.39 is 19.1 Å². The van der Waals surface area contributed by atoms with Gasteiger partial charge in [-0.25, -0.2) is 9.36 Å². The standard InChI is InChI=1S/C16H23N2O6P/c1-3-5-11-22-25(21,23-12-6-4-2)24-18-15(19)13-9-7-8-10-14(13)17-16(18)20/h7-10H,3-6,11-12H2,1-2H3,(H,17,20). The lowest BCUT2D eigenvalue weighted by atomic mass is 10.2. The predicted molar refractivity (Wildman–Crippen MR) is 94.7 cm³/mol. The number of para-hydroxylation sites is 1. The average Bonchev–Trinajstić information content (AvgIpc) is 2.59. The number of nitrogens with zero attached hydrogens (tertiary/aromatic N) is 1. The first kappa shape index (κ1) is 19.4. The Labute approximate surface area is 145 Å². The van der Waals surface area contributed by atoms with Crippen LogP contribution in [0.5, 0.6) is 0 Å². The van der Waals surface area contributed by atoms with Crippen LogP contribution >= 0.6 is 7.82 Å². The fraction of sp³-hybridized carbons (Fsp3) is 0.500. The van der Waals surface area contributed by atoms with Crippen LogP contribution in [0.1, 0.15) is 39.5 Å². The Hall–Kier alpha value is -1.89. The quantitative estimate of drug-likeness (QED) is 0.510. The zero-order chi connectivity index (χ0) is 18.3. The molecule has 0 aliphatic heterocycles. The lowest BCUT2D eigenvalue weighted by Crippen LogP contribution is -2.39. The van der Waals surface area contributed by atoms with Crippen molar-refractivity contribution in [2.24, 2.45) is 0 Å². The van der Waals surface area contributed by atoms with Gasteiger partial charge >= 0.3 is 13.5 Å². The molecule has 2 aromatic rings. The van der Waals surface area contributed by atoms with Gasteiger partial charge in [0.25, 0.3) is 5.56 Å². The minimum atomic E-state index is -4.09. The lowest BCUT2D eigenvalue weighted by molar-refractivity contribution is 0.0949. The summed E-state index contributed by atoms with van der Waals surface area (Å²) in [6.45, 7) is 4.18. The number of phosphoric ester groups is 1. The summed E-state index contributed by atoms with van der Waals surface area (Å²) in [7, 11) is -4.09. The van der Waals surface area contributed by atoms with Gasteiger partial charge in [0.1, 0.15) is 0 Å². The van der Waals surface area contributed by atoms with Crippen LogP contribution < -0.4 is 15.9 Å². The van der Waals surface area contributed by atoms with Crippen LogP contribution in [0.2, 0.25) is 0 Å². The number of hydrogen-bond acceptors (Lipinski definition) is 6. The van der Waals surface area contributed by atoms with E-state index in [-0.39, 0.29) is 18.6 Å². The molecule has 1 N–H and O–H groups in total. The SMILES string of the molecule is CCCCOP(=O)(OCCCC)On1c(=O)[nH]c2ccccc2c1=O. The minimum absolute atomic E-state index is 0.139. The van der Waals surface area contributed by atoms with Gasteiger partial charge in [-0.3, -0.25) is 13.8 Å². The Morgan fingerprint density at radius 1 is 1.04 bits per heavy atom. The number of nitrogens with one attached hydrogen (secondary N) is 1. The van der Waals surface area contributed by atoms with E-state index in [0.717, 1.165) is 12.8 Å². The molecule has 0 saturated carbocycles. The van der Waals surface area contributed by atoms with Gasteiger partial charge in [-0.15, -0.1) is 0 Å². The van der Waals surface area contributed by atoms with Crippen LogP contribution in [0, 0.1) is 0 Å². The molecule has 0 aliphatic rings. The summed E-state index contributed by atoms with van der Waals surface area (Å²) in [6, 6.07) is 6.48. The van der Waals surface area contributed by atoms with Crippen molar-refractivity contribution in [3.63, 3.8) is 0 Å². The van der Waals surface area contributed by atoms with Crippen molar-refractivity contribution >= 4 is 18.7 Å². The van der Waals surface area contributed by atoms with E-state index in [2.05, 4.69) is 4.98 Å². The Bertz CT molecular complexity index is 846. The summed E-state index contributed by atoms with van der Waals surface area (Å²) < 4.78 is 28.8. The highest BCUT2D eigenvalue weighted by Gasteiger charge is 2.31. The number of aromatic nitrogens is 2. The first-order chi connectivity index (χ1) is 12.0. The van der Waals surface area contributed by atoms with Crippen LogP contribution in [-0.2, 0) is 13.6 Å². The molecule has 0 radical (unpaired) electrons. The fourth-order valence-corrected chi connectivity index (χ4v) is 3.27. The number of hydrogen-bond donors (Lipinski definition) is 1. The zero-order valence-corrected chi connectivity index (χ0v) is 15.3. The smallest absolute Gasteiger partial charge is 0.304 e. The normalized spacial score (nSPS) is 11.8. The van der Waals surface area contributed by atoms with E-state index in [1.807, 2.05) is 13.8 Å². The second-order valence-electron chi connectivity index (χ2n) is 5.48. The number of H-pyrrole nitrogens is 1. The molecule has 25 heavy (non-hydrogen) atoms. The summed E-state index contributed by atoms with van der Waals surface area (Å²) >= 11 is 0. The van der Waals surface area contributed by atoms with Crippen molar-refractivity contribution in [3.05, 3.63) is 45.1 Å². The molecular weight excluding hydrogens is 347 g/mol. The molecule has 0 spiro atoms. The van der Waals surface area contributed by atoms with E-state index in [9.17, 15) is 14.2 Å². The summed E-state index contributed by atoms with van der Waals surface area (Å²) in [5.74, 6) is 0. The first-order valence-electron chi connectivity index (χ1n) is 8.34. The molecule has 0 saturated heterocycles. The molecule has 1 aromatic carbocycles. The third-order valence-corrected chi connectivity index (χ3v) is 4.81. The van der Waals surface area contributed by atoms with E-state index in [1.54, 1.807) is 18.2 Å². The van der Waals surface area contributed by atoms with Gasteiger partial charge in [-0.1, -0.05) is 43.6 Å². The maximum atomic E-state index is 12.8. The Morgan fingerprint density at radius 2 is 1.64 bits per heavy atom. The first-order valence-corrected chi connectivity index (χ1v) is 9.80. The Morgan fingerprint density at radius 3 is 2.24 bits per heavy atom. The molecule has 138 valence electrons. The molecule has 0 amide bonds. The van der Waals surface area contributed by atoms with E-state index in [4.69, 9.17) is 13.7 Å². The summed E-state index contributed by atoms with van der Waals surface area (Å²) in [4.78, 5) is 27.1. The van der Waals surface area contributed by atoms with Crippen molar-refractivity contribution in [2.45, 2.75) is 39.5 Å². The third kappa shape index (κ3) is 5.04. The highest BCUT2D eigenvalue weighted by molar-refractivity contribution is 7.48. The van der Waals surface area contributed by atoms with Gasteiger partial charge in [0.15, 0.2) is 0 Å². The minimum Gasteiger partial charge on any atom is -0.304 e. The fourth-order valence-electron chi connectivity index (χ4n) is 2.05. The van der Waals surface area contributed by atoms with Crippen molar-refractivity contribution in [1.29, 1.82) is 0 Å². The molecule has 0 bridgehead atoms. The number of aromatic amines is 1. The zero-order valence-electron chi connectivity index (χ0n) is 14.4. The second kappa shape index (κ2) is 8.99. The van der Waals surface area contributed by atoms with Crippen molar-refractivity contribution in [2.75, 3.05) is 13.2 Å². The maximum Gasteiger partial charge on any atom is 0.549 e. The van der Waals surface area contributed by atoms with Crippen molar-refractivity contribution in [1.82, 2.24) is 9.71 Å². The number of fused-ring (bicyclic) bond motifs is 1. The molecule has 0 atom stereocenters. The van der Waals surface area contributed by atoms with Gasteiger partial charge in [-0.2, -0.15) is 0 Å². The number of rotatable bonds is 10. The number of benzene rings is 1. The molecule has 1 heterocycles. The Balaban J connectivity index is 2.34. The molecule has 0 aliphatic carbocycles. The summed E-state index contributed by atoms with van der Waals surface area (Å²) in [5.41, 5.74) is -1.20. The molecule has 2 rings (SSSR count). The van der Waals surface area contributed by atoms with Crippen LogP contribution in [0.15, 0.2) is 33.9 Å². The van der Waals surface area contributed by atoms with E-state index in [0.29, 0.717) is 23.1 Å². The molecule has 1 aromatic heterocycles. The maximum absolute atomic E-state index is 12.8. The largest absolute Gasteiger partial charge is 0.549 e. The monoisotopic (exact) mass is 370 g/mol. The van der Waals surface area contributed by atoms with Crippen LogP contribution in [0.3, 0.4) is 0 Å². The topological polar surface area (TPSA) is 99.6 Å². The van der Waals surface area contributed by atoms with Gasteiger partial charge in [0.05, 0.1) is 24.1 Å². The van der Waals surface area contributed by atoms with E-state index in [1.165, 1.54) is 6.07 Å². The van der Waals surface area contributed by atoms with Crippen LogP contribution in [-0.4, -0.2) is 22.9 Å². The van der Waals surface area contributed by atoms with Gasteiger partial charge in [0.2, 0.25) is 0 Å². The predicted octanol–water partition coefficient (Wildman–Crippen LogP) is 2.86. The lowest BCUT2D eigenvalue weighted by Gasteiger charge is -2.18. The highest BCUT2D eigenvalue weighted by atomic mass is 31.2. The van der Waals surface area contributed by atoms with Gasteiger partial charge in [0, 0.05) is 0 Å².